The Morgan fingerprint density at radius 1 is 1.11 bits per heavy atom. The summed E-state index contributed by atoms with van der Waals surface area (Å²) in [4.78, 5) is 27.3. The monoisotopic (exact) mass is 498 g/mol. The van der Waals surface area contributed by atoms with E-state index in [0.717, 1.165) is 35.5 Å². The zero-order valence-corrected chi connectivity index (χ0v) is 21.4. The molecule has 7 nitrogen and oxygen atoms in total. The van der Waals surface area contributed by atoms with Gasteiger partial charge in [0, 0.05) is 35.5 Å². The number of rotatable bonds is 7. The maximum absolute atomic E-state index is 13.5. The Morgan fingerprint density at radius 2 is 1.81 bits per heavy atom. The van der Waals surface area contributed by atoms with Crippen LogP contribution >= 0.6 is 0 Å². The molecule has 1 atom stereocenters. The van der Waals surface area contributed by atoms with Crippen LogP contribution in [0.4, 0.5) is 5.69 Å². The lowest BCUT2D eigenvalue weighted by atomic mass is 9.98. The highest BCUT2D eigenvalue weighted by Crippen LogP contribution is 2.33. The molecule has 190 valence electrons. The molecule has 2 heterocycles. The topological polar surface area (TPSA) is 92.0 Å². The van der Waals surface area contributed by atoms with E-state index in [0.29, 0.717) is 28.0 Å². The van der Waals surface area contributed by atoms with E-state index in [4.69, 9.17) is 9.15 Å². The largest absolute Gasteiger partial charge is 0.488 e. The molecule has 5 rings (SSSR count). The molecule has 0 spiro atoms. The summed E-state index contributed by atoms with van der Waals surface area (Å²) in [6.07, 6.45) is 0.197. The lowest BCUT2D eigenvalue weighted by Crippen LogP contribution is -2.51. The highest BCUT2D eigenvalue weighted by molar-refractivity contribution is 5.94. The average Bonchev–Trinajstić information content (AvgIpc) is 2.86. The lowest BCUT2D eigenvalue weighted by molar-refractivity contribution is 0.0388. The fraction of sp³-hybridized carbons (Fsp3) is 0.267. The summed E-state index contributed by atoms with van der Waals surface area (Å²) in [5, 5.41) is 13.4. The number of nitrogens with one attached hydrogen (secondary N) is 1. The van der Waals surface area contributed by atoms with Crippen molar-refractivity contribution in [1.82, 2.24) is 4.90 Å². The first-order valence-electron chi connectivity index (χ1n) is 12.3. The van der Waals surface area contributed by atoms with Crippen LogP contribution < -0.4 is 15.5 Å². The fourth-order valence-corrected chi connectivity index (χ4v) is 4.86. The van der Waals surface area contributed by atoms with E-state index < -0.39 is 5.97 Å². The second-order valence-corrected chi connectivity index (χ2v) is 9.82. The van der Waals surface area contributed by atoms with Gasteiger partial charge in [0.2, 0.25) is 0 Å². The first-order chi connectivity index (χ1) is 17.7. The number of ether oxygens (including phenoxy) is 1. The van der Waals surface area contributed by atoms with E-state index in [-0.39, 0.29) is 23.1 Å². The molecule has 0 unspecified atom stereocenters. The summed E-state index contributed by atoms with van der Waals surface area (Å²) in [6.45, 7) is 7.46. The third-order valence-corrected chi connectivity index (χ3v) is 6.84. The maximum atomic E-state index is 13.5. The SMILES string of the molecule is Cc1cc([C@@H](C)Nc2ccccc2C(=O)O)c2oc(-c3ccc(OC4CN(C)C4)cc3)c(C)c(=O)c2c1. The molecule has 1 aliphatic rings. The molecule has 3 aromatic carbocycles. The number of para-hydroxylation sites is 1. The van der Waals surface area contributed by atoms with E-state index in [1.54, 1.807) is 31.2 Å². The standard InChI is InChI=1S/C30H30N2O5/c1-17-13-24(19(3)31-26-8-6-5-7-23(26)30(34)35)29-25(14-17)27(33)18(2)28(37-29)20-9-11-21(12-10-20)36-22-15-32(4)16-22/h5-14,19,22,31H,15-16H2,1-4H3,(H,34,35)/t19-/m1/s1. The van der Waals surface area contributed by atoms with Crippen molar-refractivity contribution in [2.24, 2.45) is 0 Å². The number of aromatic carboxylic acids is 1. The highest BCUT2D eigenvalue weighted by Gasteiger charge is 2.25. The van der Waals surface area contributed by atoms with Gasteiger partial charge in [-0.05, 0) is 75.8 Å². The van der Waals surface area contributed by atoms with Gasteiger partial charge in [-0.3, -0.25) is 9.69 Å². The predicted octanol–water partition coefficient (Wildman–Crippen LogP) is 5.64. The van der Waals surface area contributed by atoms with Gasteiger partial charge in [0.05, 0.1) is 17.0 Å². The van der Waals surface area contributed by atoms with Crippen LogP contribution in [0.1, 0.15) is 40.0 Å². The van der Waals surface area contributed by atoms with Gasteiger partial charge in [-0.15, -0.1) is 0 Å². The van der Waals surface area contributed by atoms with Gasteiger partial charge in [0.25, 0.3) is 0 Å². The highest BCUT2D eigenvalue weighted by atomic mass is 16.5. The van der Waals surface area contributed by atoms with Crippen molar-refractivity contribution in [3.8, 4) is 17.1 Å². The minimum atomic E-state index is -1.01. The Hall–Kier alpha value is -4.10. The summed E-state index contributed by atoms with van der Waals surface area (Å²) >= 11 is 0. The fourth-order valence-electron chi connectivity index (χ4n) is 4.86. The van der Waals surface area contributed by atoms with Crippen LogP contribution in [0.25, 0.3) is 22.3 Å². The second kappa shape index (κ2) is 9.75. The van der Waals surface area contributed by atoms with Crippen molar-refractivity contribution in [3.05, 3.63) is 93.1 Å². The number of carboxylic acid groups (broad SMARTS) is 1. The lowest BCUT2D eigenvalue weighted by Gasteiger charge is -2.36. The van der Waals surface area contributed by atoms with E-state index in [1.807, 2.05) is 50.2 Å². The van der Waals surface area contributed by atoms with E-state index in [1.165, 1.54) is 0 Å². The van der Waals surface area contributed by atoms with Gasteiger partial charge in [-0.1, -0.05) is 18.2 Å². The molecule has 1 aromatic heterocycles. The number of likely N-dealkylation sites (N-methyl/N-ethyl adjacent to an activating group) is 1. The summed E-state index contributed by atoms with van der Waals surface area (Å²) in [7, 11) is 2.06. The second-order valence-electron chi connectivity index (χ2n) is 9.82. The number of likely N-dealkylation sites (tertiary alicyclic amines) is 1. The Labute approximate surface area is 215 Å². The van der Waals surface area contributed by atoms with E-state index in [2.05, 4.69) is 17.3 Å². The smallest absolute Gasteiger partial charge is 0.337 e. The number of carbonyl (C=O) groups is 1. The molecule has 4 aromatic rings. The Bertz CT molecular complexity index is 1530. The Morgan fingerprint density at radius 3 is 2.49 bits per heavy atom. The summed E-state index contributed by atoms with van der Waals surface area (Å²) < 4.78 is 12.4. The van der Waals surface area contributed by atoms with Crippen LogP contribution in [0.5, 0.6) is 5.75 Å². The summed E-state index contributed by atoms with van der Waals surface area (Å²) in [5.41, 5.74) is 4.11. The third kappa shape index (κ3) is 4.82. The van der Waals surface area contributed by atoms with E-state index in [9.17, 15) is 14.7 Å². The van der Waals surface area contributed by atoms with Crippen LogP contribution in [0, 0.1) is 13.8 Å². The van der Waals surface area contributed by atoms with Gasteiger partial charge in [-0.25, -0.2) is 4.79 Å². The number of carboxylic acids is 1. The van der Waals surface area contributed by atoms with Crippen LogP contribution in [-0.4, -0.2) is 42.2 Å². The van der Waals surface area contributed by atoms with Crippen LogP contribution in [0.2, 0.25) is 0 Å². The molecule has 1 saturated heterocycles. The number of nitrogens with zero attached hydrogens (tertiary/aromatic N) is 1. The number of hydrogen-bond donors (Lipinski definition) is 2. The minimum absolute atomic E-state index is 0.0860. The number of anilines is 1. The molecular weight excluding hydrogens is 468 g/mol. The zero-order valence-electron chi connectivity index (χ0n) is 21.4. The molecule has 0 radical (unpaired) electrons. The molecule has 0 aliphatic carbocycles. The van der Waals surface area contributed by atoms with Crippen molar-refractivity contribution in [1.29, 1.82) is 0 Å². The van der Waals surface area contributed by atoms with Gasteiger partial charge >= 0.3 is 5.97 Å². The van der Waals surface area contributed by atoms with Gasteiger partial charge < -0.3 is 19.6 Å². The molecule has 0 amide bonds. The molecule has 7 heteroatoms. The summed E-state index contributed by atoms with van der Waals surface area (Å²) in [6, 6.07) is 17.9. The third-order valence-electron chi connectivity index (χ3n) is 6.84. The van der Waals surface area contributed by atoms with Crippen LogP contribution in [-0.2, 0) is 0 Å². The minimum Gasteiger partial charge on any atom is -0.488 e. The van der Waals surface area contributed by atoms with Crippen molar-refractivity contribution >= 4 is 22.6 Å². The molecule has 0 bridgehead atoms. The number of benzene rings is 3. The average molecular weight is 499 g/mol. The summed E-state index contributed by atoms with van der Waals surface area (Å²) in [5.74, 6) is 0.287. The quantitative estimate of drug-likeness (QED) is 0.341. The molecular formula is C30H30N2O5. The normalized spacial score (nSPS) is 14.8. The molecule has 0 saturated carbocycles. The number of aryl methyl sites for hydroxylation is 1. The Balaban J connectivity index is 1.53. The number of fused-ring (bicyclic) bond motifs is 1. The van der Waals surface area contributed by atoms with Crippen LogP contribution in [0.15, 0.2) is 69.9 Å². The molecule has 37 heavy (non-hydrogen) atoms. The number of hydrogen-bond acceptors (Lipinski definition) is 6. The van der Waals surface area contributed by atoms with Crippen LogP contribution in [0.3, 0.4) is 0 Å². The predicted molar refractivity (Wildman–Crippen MR) is 145 cm³/mol. The van der Waals surface area contributed by atoms with Gasteiger partial charge in [0.1, 0.15) is 23.2 Å². The van der Waals surface area contributed by atoms with Crippen molar-refractivity contribution in [2.75, 3.05) is 25.5 Å². The molecule has 2 N–H and O–H groups in total. The van der Waals surface area contributed by atoms with E-state index >= 15 is 0 Å². The Kier molecular flexibility index (Phi) is 6.48. The molecule has 1 aliphatic heterocycles. The molecule has 1 fully saturated rings. The first kappa shape index (κ1) is 24.6. The van der Waals surface area contributed by atoms with Crippen molar-refractivity contribution in [2.45, 2.75) is 32.9 Å². The zero-order chi connectivity index (χ0) is 26.3. The van der Waals surface area contributed by atoms with Crippen molar-refractivity contribution in [3.63, 3.8) is 0 Å². The van der Waals surface area contributed by atoms with Crippen molar-refractivity contribution < 1.29 is 19.1 Å². The van der Waals surface area contributed by atoms with Gasteiger partial charge in [0.15, 0.2) is 5.43 Å². The maximum Gasteiger partial charge on any atom is 0.337 e. The first-order valence-corrected chi connectivity index (χ1v) is 12.3. The van der Waals surface area contributed by atoms with Gasteiger partial charge in [-0.2, -0.15) is 0 Å².